The molecular weight excluding hydrogens is 257 g/mol. The van der Waals surface area contributed by atoms with Crippen LogP contribution in [0.4, 0.5) is 10.1 Å². The number of hydrogen-bond donors (Lipinski definition) is 0. The van der Waals surface area contributed by atoms with Gasteiger partial charge in [0, 0.05) is 5.57 Å². The predicted octanol–water partition coefficient (Wildman–Crippen LogP) is 3.60. The fraction of sp³-hybridized carbons (Fsp3) is 0.375. The van der Waals surface area contributed by atoms with Crippen LogP contribution < -0.4 is 4.90 Å². The number of unbranched alkanes of at least 4 members (excludes halogenated alkanes) is 3. The Hall–Kier alpha value is -1.97. The van der Waals surface area contributed by atoms with Gasteiger partial charge in [-0.15, -0.1) is 0 Å². The number of carbonyl (C=O) groups excluding carboxylic acids is 2. The van der Waals surface area contributed by atoms with E-state index in [1.54, 1.807) is 0 Å². The van der Waals surface area contributed by atoms with Crippen molar-refractivity contribution < 1.29 is 14.0 Å². The Bertz CT molecular complexity index is 534. The second kappa shape index (κ2) is 6.46. The quantitative estimate of drug-likeness (QED) is 0.468. The number of benzene rings is 1. The van der Waals surface area contributed by atoms with Crippen LogP contribution in [0.3, 0.4) is 0 Å². The van der Waals surface area contributed by atoms with Crippen molar-refractivity contribution in [3.63, 3.8) is 0 Å². The minimum Gasteiger partial charge on any atom is -0.274 e. The topological polar surface area (TPSA) is 37.4 Å². The molecule has 2 rings (SSSR count). The summed E-state index contributed by atoms with van der Waals surface area (Å²) in [6.07, 6.45) is 6.09. The van der Waals surface area contributed by atoms with E-state index in [0.29, 0.717) is 11.3 Å². The molecule has 0 aromatic heterocycles. The third-order valence-electron chi connectivity index (χ3n) is 3.35. The summed E-state index contributed by atoms with van der Waals surface area (Å²) in [4.78, 5) is 25.3. The van der Waals surface area contributed by atoms with Gasteiger partial charge in [0.1, 0.15) is 5.82 Å². The van der Waals surface area contributed by atoms with E-state index in [9.17, 15) is 14.0 Å². The van der Waals surface area contributed by atoms with Gasteiger partial charge in [-0.1, -0.05) is 25.8 Å². The smallest absolute Gasteiger partial charge is 0.261 e. The van der Waals surface area contributed by atoms with Crippen LogP contribution in [0.25, 0.3) is 0 Å². The number of carbonyl (C=O) groups is 2. The standard InChI is InChI=1S/C16H18FNO2/c1-2-3-4-5-6-12-11-15(19)18(16(12)20)14-9-7-13(17)8-10-14/h6-10H,2-5,11H2,1H3. The molecule has 2 amide bonds. The summed E-state index contributed by atoms with van der Waals surface area (Å²) in [5, 5.41) is 0. The maximum atomic E-state index is 12.9. The number of anilines is 1. The molecule has 0 bridgehead atoms. The van der Waals surface area contributed by atoms with Gasteiger partial charge in [0.15, 0.2) is 0 Å². The maximum absolute atomic E-state index is 12.9. The number of hydrogen-bond acceptors (Lipinski definition) is 2. The second-order valence-corrected chi connectivity index (χ2v) is 4.91. The maximum Gasteiger partial charge on any atom is 0.261 e. The molecular formula is C16H18FNO2. The normalized spacial score (nSPS) is 17.3. The van der Waals surface area contributed by atoms with Crippen molar-refractivity contribution in [2.45, 2.75) is 39.0 Å². The Labute approximate surface area is 118 Å². The van der Waals surface area contributed by atoms with Crippen LogP contribution in [0, 0.1) is 5.82 Å². The molecule has 0 radical (unpaired) electrons. The van der Waals surface area contributed by atoms with E-state index in [4.69, 9.17) is 0 Å². The first-order chi connectivity index (χ1) is 9.63. The van der Waals surface area contributed by atoms with Crippen molar-refractivity contribution in [3.8, 4) is 0 Å². The largest absolute Gasteiger partial charge is 0.274 e. The van der Waals surface area contributed by atoms with Crippen molar-refractivity contribution in [2.24, 2.45) is 0 Å². The van der Waals surface area contributed by atoms with Gasteiger partial charge in [0.05, 0.1) is 12.1 Å². The monoisotopic (exact) mass is 275 g/mol. The van der Waals surface area contributed by atoms with Crippen molar-refractivity contribution in [2.75, 3.05) is 4.90 Å². The lowest BCUT2D eigenvalue weighted by molar-refractivity contribution is -0.120. The van der Waals surface area contributed by atoms with E-state index in [1.807, 2.05) is 6.08 Å². The van der Waals surface area contributed by atoms with Crippen molar-refractivity contribution in [3.05, 3.63) is 41.7 Å². The lowest BCUT2D eigenvalue weighted by Gasteiger charge is -2.13. The molecule has 1 heterocycles. The third-order valence-corrected chi connectivity index (χ3v) is 3.35. The van der Waals surface area contributed by atoms with E-state index < -0.39 is 0 Å². The highest BCUT2D eigenvalue weighted by molar-refractivity contribution is 6.28. The summed E-state index contributed by atoms with van der Waals surface area (Å²) in [7, 11) is 0. The van der Waals surface area contributed by atoms with Crippen molar-refractivity contribution in [1.29, 1.82) is 0 Å². The average molecular weight is 275 g/mol. The molecule has 1 aromatic carbocycles. The van der Waals surface area contributed by atoms with Crippen LogP contribution in [0.2, 0.25) is 0 Å². The molecule has 0 atom stereocenters. The molecule has 1 aromatic rings. The highest BCUT2D eigenvalue weighted by atomic mass is 19.1. The van der Waals surface area contributed by atoms with Crippen LogP contribution >= 0.6 is 0 Å². The number of amides is 2. The second-order valence-electron chi connectivity index (χ2n) is 4.91. The van der Waals surface area contributed by atoms with Gasteiger partial charge in [0.25, 0.3) is 5.91 Å². The molecule has 1 saturated heterocycles. The Balaban J connectivity index is 2.10. The van der Waals surface area contributed by atoms with E-state index in [1.165, 1.54) is 24.3 Å². The van der Waals surface area contributed by atoms with E-state index in [2.05, 4.69) is 6.92 Å². The summed E-state index contributed by atoms with van der Waals surface area (Å²) in [5.41, 5.74) is 0.980. The zero-order valence-corrected chi connectivity index (χ0v) is 11.6. The van der Waals surface area contributed by atoms with Crippen LogP contribution in [-0.4, -0.2) is 11.8 Å². The first-order valence-electron chi connectivity index (χ1n) is 6.95. The Kier molecular flexibility index (Phi) is 4.66. The number of rotatable bonds is 5. The molecule has 1 fully saturated rings. The molecule has 0 saturated carbocycles. The molecule has 106 valence electrons. The lowest BCUT2D eigenvalue weighted by atomic mass is 10.1. The van der Waals surface area contributed by atoms with Crippen LogP contribution in [-0.2, 0) is 9.59 Å². The van der Waals surface area contributed by atoms with Gasteiger partial charge in [-0.3, -0.25) is 9.59 Å². The zero-order valence-electron chi connectivity index (χ0n) is 11.6. The van der Waals surface area contributed by atoms with Crippen LogP contribution in [0.5, 0.6) is 0 Å². The van der Waals surface area contributed by atoms with Gasteiger partial charge in [-0.2, -0.15) is 0 Å². The molecule has 0 aliphatic carbocycles. The molecule has 0 N–H and O–H groups in total. The van der Waals surface area contributed by atoms with Gasteiger partial charge in [-0.05, 0) is 37.1 Å². The molecule has 20 heavy (non-hydrogen) atoms. The molecule has 3 nitrogen and oxygen atoms in total. The first kappa shape index (κ1) is 14.4. The molecule has 0 unspecified atom stereocenters. The summed E-state index contributed by atoms with van der Waals surface area (Å²) in [5.74, 6) is -0.912. The van der Waals surface area contributed by atoms with Gasteiger partial charge < -0.3 is 0 Å². The lowest BCUT2D eigenvalue weighted by Crippen LogP contribution is -2.28. The first-order valence-corrected chi connectivity index (χ1v) is 6.95. The number of nitrogens with zero attached hydrogens (tertiary/aromatic N) is 1. The third kappa shape index (κ3) is 3.13. The Morgan fingerprint density at radius 2 is 1.90 bits per heavy atom. The number of allylic oxidation sites excluding steroid dienone is 1. The summed E-state index contributed by atoms with van der Waals surface area (Å²) < 4.78 is 12.9. The number of imide groups is 1. The fourth-order valence-corrected chi connectivity index (χ4v) is 2.26. The van der Waals surface area contributed by atoms with E-state index in [0.717, 1.165) is 30.6 Å². The zero-order chi connectivity index (χ0) is 14.5. The molecule has 1 aliphatic rings. The minimum atomic E-state index is -0.386. The Morgan fingerprint density at radius 1 is 1.20 bits per heavy atom. The van der Waals surface area contributed by atoms with Crippen molar-refractivity contribution in [1.82, 2.24) is 0 Å². The van der Waals surface area contributed by atoms with Gasteiger partial charge in [-0.25, -0.2) is 9.29 Å². The SMILES string of the molecule is CCCCCC=C1CC(=O)N(c2ccc(F)cc2)C1=O. The summed E-state index contributed by atoms with van der Waals surface area (Å²) >= 11 is 0. The Morgan fingerprint density at radius 3 is 2.55 bits per heavy atom. The molecule has 4 heteroatoms. The van der Waals surface area contributed by atoms with Crippen molar-refractivity contribution >= 4 is 17.5 Å². The predicted molar refractivity (Wildman–Crippen MR) is 75.7 cm³/mol. The van der Waals surface area contributed by atoms with Crippen LogP contribution in [0.1, 0.15) is 39.0 Å². The highest BCUT2D eigenvalue weighted by Crippen LogP contribution is 2.26. The van der Waals surface area contributed by atoms with Gasteiger partial charge in [0.2, 0.25) is 5.91 Å². The highest BCUT2D eigenvalue weighted by Gasteiger charge is 2.34. The minimum absolute atomic E-state index is 0.141. The van der Waals surface area contributed by atoms with Crippen LogP contribution in [0.15, 0.2) is 35.9 Å². The number of halogens is 1. The average Bonchev–Trinajstić information content (AvgIpc) is 2.71. The fourth-order valence-electron chi connectivity index (χ4n) is 2.26. The molecule has 0 spiro atoms. The molecule has 1 aliphatic heterocycles. The summed E-state index contributed by atoms with van der Waals surface area (Å²) in [6.45, 7) is 2.12. The summed E-state index contributed by atoms with van der Waals surface area (Å²) in [6, 6.07) is 5.40. The van der Waals surface area contributed by atoms with E-state index in [-0.39, 0.29) is 24.1 Å². The van der Waals surface area contributed by atoms with E-state index >= 15 is 0 Å². The van der Waals surface area contributed by atoms with Gasteiger partial charge >= 0.3 is 0 Å².